The minimum Gasteiger partial charge on any atom is -0.394 e. The summed E-state index contributed by atoms with van der Waals surface area (Å²) in [5, 5.41) is 8.84. The normalized spacial score (nSPS) is 43.9. The van der Waals surface area contributed by atoms with Crippen LogP contribution in [0.4, 0.5) is 0 Å². The van der Waals surface area contributed by atoms with E-state index >= 15 is 0 Å². The minimum absolute atomic E-state index is 0.0204. The third-order valence-electron chi connectivity index (χ3n) is 2.61. The molecule has 0 unspecified atom stereocenters. The predicted octanol–water partition coefficient (Wildman–Crippen LogP) is 0.317. The second kappa shape index (κ2) is 2.73. The molecule has 0 aliphatic carbocycles. The van der Waals surface area contributed by atoms with E-state index in [-0.39, 0.29) is 18.3 Å². The van der Waals surface area contributed by atoms with Gasteiger partial charge in [-0.1, -0.05) is 0 Å². The lowest BCUT2D eigenvalue weighted by Crippen LogP contribution is -2.30. The molecular formula is C8H14O3. The summed E-state index contributed by atoms with van der Waals surface area (Å²) in [6.45, 7) is 1.70. The molecule has 2 atom stereocenters. The summed E-state index contributed by atoms with van der Waals surface area (Å²) in [6.07, 6.45) is 3.11. The Morgan fingerprint density at radius 3 is 2.91 bits per heavy atom. The maximum Gasteiger partial charge on any atom is 0.0942 e. The fraction of sp³-hybridized carbons (Fsp3) is 1.00. The summed E-state index contributed by atoms with van der Waals surface area (Å²) in [5.41, 5.74) is -0.0204. The van der Waals surface area contributed by atoms with Crippen LogP contribution in [0.2, 0.25) is 0 Å². The second-order valence-electron chi connectivity index (χ2n) is 3.45. The molecule has 2 aliphatic rings. The average Bonchev–Trinajstić information content (AvgIpc) is 2.62. The predicted molar refractivity (Wildman–Crippen MR) is 39.4 cm³/mol. The maximum absolute atomic E-state index is 8.84. The molecule has 1 spiro atoms. The van der Waals surface area contributed by atoms with E-state index in [0.29, 0.717) is 0 Å². The van der Waals surface area contributed by atoms with Crippen LogP contribution in [0.1, 0.15) is 19.3 Å². The van der Waals surface area contributed by atoms with Crippen LogP contribution in [0, 0.1) is 0 Å². The molecule has 0 aromatic rings. The molecule has 0 saturated carbocycles. The number of hydrogen-bond acceptors (Lipinski definition) is 3. The Kier molecular flexibility index (Phi) is 1.87. The first-order valence-corrected chi connectivity index (χ1v) is 4.21. The van der Waals surface area contributed by atoms with Gasteiger partial charge in [0, 0.05) is 13.0 Å². The first-order chi connectivity index (χ1) is 5.35. The highest BCUT2D eigenvalue weighted by molar-refractivity contribution is 4.91. The van der Waals surface area contributed by atoms with Gasteiger partial charge in [-0.25, -0.2) is 0 Å². The van der Waals surface area contributed by atoms with E-state index in [4.69, 9.17) is 14.6 Å². The summed E-state index contributed by atoms with van der Waals surface area (Å²) in [6, 6.07) is 0. The second-order valence-corrected chi connectivity index (χ2v) is 3.45. The van der Waals surface area contributed by atoms with Crippen LogP contribution in [0.15, 0.2) is 0 Å². The molecule has 2 fully saturated rings. The van der Waals surface area contributed by atoms with Crippen molar-refractivity contribution in [2.75, 3.05) is 19.8 Å². The number of aliphatic hydroxyl groups excluding tert-OH is 1. The zero-order chi connectivity index (χ0) is 7.73. The zero-order valence-corrected chi connectivity index (χ0v) is 6.58. The molecule has 64 valence electrons. The van der Waals surface area contributed by atoms with Crippen LogP contribution in [0.5, 0.6) is 0 Å². The Hall–Kier alpha value is -0.120. The number of hydrogen-bond donors (Lipinski definition) is 1. The lowest BCUT2D eigenvalue weighted by molar-refractivity contribution is -0.0608. The van der Waals surface area contributed by atoms with Crippen molar-refractivity contribution in [1.82, 2.24) is 0 Å². The van der Waals surface area contributed by atoms with Crippen molar-refractivity contribution in [1.29, 1.82) is 0 Å². The fourth-order valence-electron chi connectivity index (χ4n) is 1.90. The van der Waals surface area contributed by atoms with Gasteiger partial charge in [-0.3, -0.25) is 0 Å². The van der Waals surface area contributed by atoms with Gasteiger partial charge in [-0.05, 0) is 12.8 Å². The Labute approximate surface area is 66.3 Å². The van der Waals surface area contributed by atoms with E-state index in [1.165, 1.54) is 0 Å². The standard InChI is InChI=1S/C8H14O3/c9-5-7-1-2-8(11-7)3-4-10-6-8/h7,9H,1-6H2/t7-,8-/m0/s1. The molecule has 2 heterocycles. The summed E-state index contributed by atoms with van der Waals surface area (Å²) >= 11 is 0. The van der Waals surface area contributed by atoms with Crippen molar-refractivity contribution in [3.63, 3.8) is 0 Å². The van der Waals surface area contributed by atoms with E-state index in [1.807, 2.05) is 0 Å². The molecule has 0 amide bonds. The molecule has 11 heavy (non-hydrogen) atoms. The van der Waals surface area contributed by atoms with Crippen molar-refractivity contribution in [3.8, 4) is 0 Å². The van der Waals surface area contributed by atoms with Crippen molar-refractivity contribution >= 4 is 0 Å². The largest absolute Gasteiger partial charge is 0.394 e. The van der Waals surface area contributed by atoms with E-state index in [0.717, 1.165) is 32.5 Å². The molecule has 0 aromatic carbocycles. The van der Waals surface area contributed by atoms with E-state index in [1.54, 1.807) is 0 Å². The Balaban J connectivity index is 1.96. The van der Waals surface area contributed by atoms with Crippen LogP contribution >= 0.6 is 0 Å². The van der Waals surface area contributed by atoms with Crippen molar-refractivity contribution in [3.05, 3.63) is 0 Å². The van der Waals surface area contributed by atoms with Crippen LogP contribution in [0.25, 0.3) is 0 Å². The Morgan fingerprint density at radius 1 is 1.45 bits per heavy atom. The molecular weight excluding hydrogens is 144 g/mol. The summed E-state index contributed by atoms with van der Waals surface area (Å²) in [5.74, 6) is 0. The topological polar surface area (TPSA) is 38.7 Å². The van der Waals surface area contributed by atoms with E-state index in [9.17, 15) is 0 Å². The van der Waals surface area contributed by atoms with Crippen LogP contribution in [-0.4, -0.2) is 36.6 Å². The maximum atomic E-state index is 8.84. The highest BCUT2D eigenvalue weighted by Crippen LogP contribution is 2.36. The van der Waals surface area contributed by atoms with Crippen molar-refractivity contribution in [2.45, 2.75) is 31.0 Å². The summed E-state index contributed by atoms with van der Waals surface area (Å²) in [4.78, 5) is 0. The zero-order valence-electron chi connectivity index (χ0n) is 6.58. The monoisotopic (exact) mass is 158 g/mol. The summed E-state index contributed by atoms with van der Waals surface area (Å²) in [7, 11) is 0. The van der Waals surface area contributed by atoms with Gasteiger partial charge in [0.1, 0.15) is 0 Å². The van der Waals surface area contributed by atoms with Gasteiger partial charge in [-0.15, -0.1) is 0 Å². The molecule has 0 bridgehead atoms. The lowest BCUT2D eigenvalue weighted by Gasteiger charge is -2.21. The van der Waals surface area contributed by atoms with Gasteiger partial charge in [0.25, 0.3) is 0 Å². The van der Waals surface area contributed by atoms with E-state index < -0.39 is 0 Å². The Bertz CT molecular complexity index is 140. The minimum atomic E-state index is -0.0204. The van der Waals surface area contributed by atoms with Crippen molar-refractivity contribution < 1.29 is 14.6 Å². The quantitative estimate of drug-likeness (QED) is 0.597. The first kappa shape index (κ1) is 7.53. The lowest BCUT2D eigenvalue weighted by atomic mass is 9.99. The number of rotatable bonds is 1. The third kappa shape index (κ3) is 1.28. The molecule has 0 radical (unpaired) electrons. The smallest absolute Gasteiger partial charge is 0.0942 e. The Morgan fingerprint density at radius 2 is 2.36 bits per heavy atom. The fourth-order valence-corrected chi connectivity index (χ4v) is 1.90. The van der Waals surface area contributed by atoms with Gasteiger partial charge in [0.05, 0.1) is 24.9 Å². The molecule has 2 aliphatic heterocycles. The molecule has 2 rings (SSSR count). The first-order valence-electron chi connectivity index (χ1n) is 4.21. The molecule has 3 nitrogen and oxygen atoms in total. The number of ether oxygens (including phenoxy) is 2. The molecule has 1 N–H and O–H groups in total. The average molecular weight is 158 g/mol. The van der Waals surface area contributed by atoms with Crippen LogP contribution in [0.3, 0.4) is 0 Å². The SMILES string of the molecule is OC[C@@H]1CC[C@@]2(CCOC2)O1. The van der Waals surface area contributed by atoms with Gasteiger partial charge in [-0.2, -0.15) is 0 Å². The number of aliphatic hydroxyl groups is 1. The highest BCUT2D eigenvalue weighted by atomic mass is 16.6. The van der Waals surface area contributed by atoms with Gasteiger partial charge < -0.3 is 14.6 Å². The molecule has 0 aromatic heterocycles. The van der Waals surface area contributed by atoms with Crippen LogP contribution in [-0.2, 0) is 9.47 Å². The van der Waals surface area contributed by atoms with Gasteiger partial charge >= 0.3 is 0 Å². The highest BCUT2D eigenvalue weighted by Gasteiger charge is 2.42. The molecule has 3 heteroatoms. The van der Waals surface area contributed by atoms with Crippen molar-refractivity contribution in [2.24, 2.45) is 0 Å². The van der Waals surface area contributed by atoms with E-state index in [2.05, 4.69) is 0 Å². The van der Waals surface area contributed by atoms with Gasteiger partial charge in [0.2, 0.25) is 0 Å². The summed E-state index contributed by atoms with van der Waals surface area (Å²) < 4.78 is 11.0. The molecule has 2 saturated heterocycles. The van der Waals surface area contributed by atoms with Crippen LogP contribution < -0.4 is 0 Å². The van der Waals surface area contributed by atoms with Gasteiger partial charge in [0.15, 0.2) is 0 Å². The third-order valence-corrected chi connectivity index (χ3v) is 2.61.